The van der Waals surface area contributed by atoms with Gasteiger partial charge in [0.15, 0.2) is 5.82 Å². The first-order valence-electron chi connectivity index (χ1n) is 16.3. The van der Waals surface area contributed by atoms with Gasteiger partial charge in [-0.15, -0.1) is 10.2 Å². The van der Waals surface area contributed by atoms with Crippen LogP contribution in [0.1, 0.15) is 116 Å². The van der Waals surface area contributed by atoms with E-state index in [1.807, 2.05) is 0 Å². The second-order valence-corrected chi connectivity index (χ2v) is 13.9. The standard InChI is InChI=1S/C39H53N3/c1-10-22-39(23-11-2,24-12-3)37-41-40-36(42(37)35-21-16-29(6)26-33(35)25-28(4)5)32-15-13-14-31(27-32)30-17-19-34(20-18-30)38(7,8)9/h13-21,26-28H,10-12,22-25H2,1-9H3. The van der Waals surface area contributed by atoms with E-state index in [1.54, 1.807) is 0 Å². The van der Waals surface area contributed by atoms with Crippen molar-refractivity contribution in [2.24, 2.45) is 5.92 Å². The van der Waals surface area contributed by atoms with E-state index in [1.165, 1.54) is 33.5 Å². The number of hydrogen-bond acceptors (Lipinski definition) is 2. The van der Waals surface area contributed by atoms with E-state index >= 15 is 0 Å². The maximum atomic E-state index is 5.09. The molecule has 3 aromatic carbocycles. The Morgan fingerprint density at radius 2 is 1.33 bits per heavy atom. The van der Waals surface area contributed by atoms with E-state index in [9.17, 15) is 0 Å². The van der Waals surface area contributed by atoms with Crippen LogP contribution in [0.15, 0.2) is 66.7 Å². The van der Waals surface area contributed by atoms with Crippen LogP contribution in [0.25, 0.3) is 28.2 Å². The average molecular weight is 564 g/mol. The third-order valence-electron chi connectivity index (χ3n) is 8.63. The third kappa shape index (κ3) is 6.88. The molecule has 0 aliphatic rings. The van der Waals surface area contributed by atoms with Crippen molar-refractivity contribution in [1.29, 1.82) is 0 Å². The van der Waals surface area contributed by atoms with Crippen LogP contribution in [0.4, 0.5) is 0 Å². The van der Waals surface area contributed by atoms with Crippen LogP contribution < -0.4 is 0 Å². The van der Waals surface area contributed by atoms with Gasteiger partial charge in [0.05, 0.1) is 5.69 Å². The molecule has 1 heterocycles. The maximum Gasteiger partial charge on any atom is 0.168 e. The summed E-state index contributed by atoms with van der Waals surface area (Å²) >= 11 is 0. The molecule has 1 aromatic heterocycles. The zero-order valence-electron chi connectivity index (χ0n) is 27.7. The van der Waals surface area contributed by atoms with E-state index in [4.69, 9.17) is 10.2 Å². The zero-order chi connectivity index (χ0) is 30.5. The Bertz CT molecular complexity index is 1430. The Morgan fingerprint density at radius 3 is 1.90 bits per heavy atom. The minimum absolute atomic E-state index is 0.00385. The number of aromatic nitrogens is 3. The van der Waals surface area contributed by atoms with Crippen LogP contribution in [0.2, 0.25) is 0 Å². The van der Waals surface area contributed by atoms with E-state index in [-0.39, 0.29) is 10.8 Å². The smallest absolute Gasteiger partial charge is 0.168 e. The predicted molar refractivity (Wildman–Crippen MR) is 181 cm³/mol. The molecule has 0 aliphatic carbocycles. The highest BCUT2D eigenvalue weighted by atomic mass is 15.3. The molecule has 0 atom stereocenters. The molecule has 0 aliphatic heterocycles. The number of hydrogen-bond donors (Lipinski definition) is 0. The summed E-state index contributed by atoms with van der Waals surface area (Å²) in [5, 5.41) is 10.1. The summed E-state index contributed by atoms with van der Waals surface area (Å²) in [5.41, 5.74) is 8.94. The topological polar surface area (TPSA) is 30.7 Å². The first kappa shape index (κ1) is 31.7. The summed E-state index contributed by atoms with van der Waals surface area (Å²) in [6.45, 7) is 20.5. The molecule has 0 amide bonds. The lowest BCUT2D eigenvalue weighted by Crippen LogP contribution is -2.30. The predicted octanol–water partition coefficient (Wildman–Crippen LogP) is 11.0. The van der Waals surface area contributed by atoms with Crippen LogP contribution in [-0.2, 0) is 17.3 Å². The van der Waals surface area contributed by atoms with Crippen LogP contribution in [0.3, 0.4) is 0 Å². The van der Waals surface area contributed by atoms with Gasteiger partial charge in [-0.05, 0) is 78.3 Å². The van der Waals surface area contributed by atoms with Gasteiger partial charge in [-0.2, -0.15) is 0 Å². The summed E-state index contributed by atoms with van der Waals surface area (Å²) in [6.07, 6.45) is 7.80. The lowest BCUT2D eigenvalue weighted by atomic mass is 9.74. The molecule has 4 rings (SSSR count). The average Bonchev–Trinajstić information content (AvgIpc) is 3.38. The van der Waals surface area contributed by atoms with Crippen molar-refractivity contribution in [3.8, 4) is 28.2 Å². The number of aryl methyl sites for hydroxylation is 1. The normalized spacial score (nSPS) is 12.3. The van der Waals surface area contributed by atoms with Crippen molar-refractivity contribution in [3.05, 3.63) is 89.2 Å². The van der Waals surface area contributed by atoms with Crippen LogP contribution in [-0.4, -0.2) is 14.8 Å². The SMILES string of the molecule is CCCC(CCC)(CCC)c1nnc(-c2cccc(-c3ccc(C(C)(C)C)cc3)c2)n1-c1ccc(C)cc1CC(C)C. The maximum absolute atomic E-state index is 5.09. The number of nitrogens with zero attached hydrogens (tertiary/aromatic N) is 3. The monoisotopic (exact) mass is 563 g/mol. The summed E-state index contributed by atoms with van der Waals surface area (Å²) in [7, 11) is 0. The lowest BCUT2D eigenvalue weighted by molar-refractivity contribution is 0.304. The van der Waals surface area contributed by atoms with Gasteiger partial charge in [0.1, 0.15) is 5.82 Å². The van der Waals surface area contributed by atoms with Crippen LogP contribution in [0, 0.1) is 12.8 Å². The molecule has 0 unspecified atom stereocenters. The summed E-state index contributed by atoms with van der Waals surface area (Å²) in [5.74, 6) is 2.64. The fourth-order valence-corrected chi connectivity index (χ4v) is 6.73. The Balaban J connectivity index is 1.96. The molecule has 0 spiro atoms. The van der Waals surface area contributed by atoms with Gasteiger partial charge in [0.2, 0.25) is 0 Å². The number of benzene rings is 3. The Hall–Kier alpha value is -3.20. The Labute approximate surface area is 255 Å². The number of rotatable bonds is 12. The molecule has 3 heteroatoms. The molecule has 0 bridgehead atoms. The van der Waals surface area contributed by atoms with Gasteiger partial charge in [0.25, 0.3) is 0 Å². The molecule has 0 N–H and O–H groups in total. The minimum atomic E-state index is 0.00385. The Morgan fingerprint density at radius 1 is 0.714 bits per heavy atom. The molecule has 0 saturated carbocycles. The van der Waals surface area contributed by atoms with Crippen LogP contribution >= 0.6 is 0 Å². The highest BCUT2D eigenvalue weighted by Gasteiger charge is 2.37. The fraction of sp³-hybridized carbons (Fsp3) is 0.487. The van der Waals surface area contributed by atoms with Crippen molar-refractivity contribution in [3.63, 3.8) is 0 Å². The summed E-state index contributed by atoms with van der Waals surface area (Å²) < 4.78 is 2.44. The van der Waals surface area contributed by atoms with Gasteiger partial charge < -0.3 is 0 Å². The lowest BCUT2D eigenvalue weighted by Gasteiger charge is -2.33. The van der Waals surface area contributed by atoms with Gasteiger partial charge in [-0.3, -0.25) is 4.57 Å². The molecule has 0 radical (unpaired) electrons. The van der Waals surface area contributed by atoms with E-state index in [0.717, 1.165) is 62.2 Å². The largest absolute Gasteiger partial charge is 0.278 e. The minimum Gasteiger partial charge on any atom is -0.278 e. The Kier molecular flexibility index (Phi) is 10.1. The van der Waals surface area contributed by atoms with Gasteiger partial charge in [0, 0.05) is 11.0 Å². The van der Waals surface area contributed by atoms with Crippen molar-refractivity contribution in [1.82, 2.24) is 14.8 Å². The van der Waals surface area contributed by atoms with Gasteiger partial charge in [-0.1, -0.05) is 135 Å². The first-order valence-corrected chi connectivity index (χ1v) is 16.3. The molecule has 224 valence electrons. The second-order valence-electron chi connectivity index (χ2n) is 13.9. The van der Waals surface area contributed by atoms with E-state index < -0.39 is 0 Å². The quantitative estimate of drug-likeness (QED) is 0.172. The summed E-state index contributed by atoms with van der Waals surface area (Å²) in [4.78, 5) is 0. The first-order chi connectivity index (χ1) is 20.0. The fourth-order valence-electron chi connectivity index (χ4n) is 6.73. The molecule has 42 heavy (non-hydrogen) atoms. The molecule has 3 nitrogen and oxygen atoms in total. The van der Waals surface area contributed by atoms with E-state index in [2.05, 4.69) is 134 Å². The molecular formula is C39H53N3. The molecular weight excluding hydrogens is 510 g/mol. The van der Waals surface area contributed by atoms with Crippen molar-refractivity contribution in [2.75, 3.05) is 0 Å². The highest BCUT2D eigenvalue weighted by molar-refractivity contribution is 5.71. The molecule has 4 aromatic rings. The van der Waals surface area contributed by atoms with Crippen LogP contribution in [0.5, 0.6) is 0 Å². The van der Waals surface area contributed by atoms with Gasteiger partial charge >= 0.3 is 0 Å². The highest BCUT2D eigenvalue weighted by Crippen LogP contribution is 2.41. The van der Waals surface area contributed by atoms with E-state index in [0.29, 0.717) is 5.92 Å². The van der Waals surface area contributed by atoms with Crippen molar-refractivity contribution in [2.45, 2.75) is 118 Å². The van der Waals surface area contributed by atoms with Crippen molar-refractivity contribution < 1.29 is 0 Å². The van der Waals surface area contributed by atoms with Crippen molar-refractivity contribution >= 4 is 0 Å². The van der Waals surface area contributed by atoms with Gasteiger partial charge in [-0.25, -0.2) is 0 Å². The third-order valence-corrected chi connectivity index (χ3v) is 8.63. The second kappa shape index (κ2) is 13.4. The molecule has 0 fully saturated rings. The summed E-state index contributed by atoms with van der Waals surface area (Å²) in [6, 6.07) is 24.9. The molecule has 0 saturated heterocycles. The zero-order valence-corrected chi connectivity index (χ0v) is 27.7.